The van der Waals surface area contributed by atoms with Gasteiger partial charge in [-0.1, -0.05) is 13.8 Å². The number of hydrogen-bond donors (Lipinski definition) is 2. The highest BCUT2D eigenvalue weighted by Gasteiger charge is 2.19. The van der Waals surface area contributed by atoms with Gasteiger partial charge in [0.1, 0.15) is 0 Å². The Balaban J connectivity index is 4.10. The first-order valence-corrected chi connectivity index (χ1v) is 5.10. The van der Waals surface area contributed by atoms with Crippen LogP contribution >= 0.6 is 0 Å². The maximum atomic E-state index is 11.9. The average Bonchev–Trinajstić information content (AvgIpc) is 2.11. The minimum absolute atomic E-state index is 0.0202. The van der Waals surface area contributed by atoms with Crippen molar-refractivity contribution in [2.75, 3.05) is 6.54 Å². The lowest BCUT2D eigenvalue weighted by Gasteiger charge is -2.17. The van der Waals surface area contributed by atoms with Gasteiger partial charge >= 0.3 is 12.4 Å². The Hall–Kier alpha value is -1.20. The fourth-order valence-electron chi connectivity index (χ4n) is 1.47. The van der Waals surface area contributed by atoms with Gasteiger partial charge in [-0.3, -0.25) is 9.59 Å². The van der Waals surface area contributed by atoms with Crippen LogP contribution in [0, 0.1) is 11.8 Å². The second kappa shape index (κ2) is 7.14. The van der Waals surface area contributed by atoms with Crippen LogP contribution in [0.4, 0.5) is 8.78 Å². The zero-order valence-electron chi connectivity index (χ0n) is 9.37. The summed E-state index contributed by atoms with van der Waals surface area (Å²) in [5.41, 5.74) is 0. The molecule has 0 bridgehead atoms. The van der Waals surface area contributed by atoms with E-state index in [0.717, 1.165) is 0 Å². The number of alkyl halides is 2. The second-order valence-corrected chi connectivity index (χ2v) is 4.14. The molecule has 4 nitrogen and oxygen atoms in total. The number of carbonyl (C=O) groups is 2. The van der Waals surface area contributed by atoms with E-state index in [1.54, 1.807) is 0 Å². The summed E-state index contributed by atoms with van der Waals surface area (Å²) in [5.74, 6) is -2.39. The van der Waals surface area contributed by atoms with E-state index >= 15 is 0 Å². The molecule has 1 unspecified atom stereocenters. The normalized spacial score (nSPS) is 12.9. The smallest absolute Gasteiger partial charge is 0.315 e. The van der Waals surface area contributed by atoms with E-state index in [1.165, 1.54) is 0 Å². The highest BCUT2D eigenvalue weighted by molar-refractivity contribution is 5.79. The van der Waals surface area contributed by atoms with E-state index in [2.05, 4.69) is 0 Å². The topological polar surface area (TPSA) is 66.4 Å². The van der Waals surface area contributed by atoms with Gasteiger partial charge in [-0.05, 0) is 18.3 Å². The monoisotopic (exact) mass is 237 g/mol. The zero-order valence-corrected chi connectivity index (χ0v) is 9.37. The molecule has 0 heterocycles. The number of amides is 1. The number of carboxylic acid groups (broad SMARTS) is 1. The lowest BCUT2D eigenvalue weighted by atomic mass is 9.94. The highest BCUT2D eigenvalue weighted by atomic mass is 19.3. The molecular formula is C10H17F2NO3. The number of hydrogen-bond acceptors (Lipinski definition) is 2. The average molecular weight is 237 g/mol. The van der Waals surface area contributed by atoms with E-state index in [4.69, 9.17) is 5.11 Å². The van der Waals surface area contributed by atoms with Gasteiger partial charge < -0.3 is 10.4 Å². The van der Waals surface area contributed by atoms with Crippen molar-refractivity contribution in [2.45, 2.75) is 33.1 Å². The van der Waals surface area contributed by atoms with Crippen LogP contribution in [0.2, 0.25) is 0 Å². The first-order valence-electron chi connectivity index (χ1n) is 5.10. The standard InChI is InChI=1S/C10H17F2NO3/c1-6(2)3-7(4-8(14)15)5-13-10(16)9(11)12/h6-7,9H,3-5H2,1-2H3,(H,13,16)(H,14,15). The molecule has 0 fully saturated rings. The molecular weight excluding hydrogens is 220 g/mol. The van der Waals surface area contributed by atoms with Crippen LogP contribution < -0.4 is 5.32 Å². The quantitative estimate of drug-likeness (QED) is 0.705. The number of rotatable bonds is 7. The van der Waals surface area contributed by atoms with Crippen LogP contribution in [0.1, 0.15) is 26.7 Å². The zero-order chi connectivity index (χ0) is 12.7. The van der Waals surface area contributed by atoms with Crippen molar-refractivity contribution in [3.8, 4) is 0 Å². The Labute approximate surface area is 93.0 Å². The maximum absolute atomic E-state index is 11.9. The highest BCUT2D eigenvalue weighted by Crippen LogP contribution is 2.14. The van der Waals surface area contributed by atoms with E-state index in [1.807, 2.05) is 19.2 Å². The van der Waals surface area contributed by atoms with Gasteiger partial charge in [-0.15, -0.1) is 0 Å². The second-order valence-electron chi connectivity index (χ2n) is 4.14. The fraction of sp³-hybridized carbons (Fsp3) is 0.800. The predicted octanol–water partition coefficient (Wildman–Crippen LogP) is 1.50. The van der Waals surface area contributed by atoms with Crippen molar-refractivity contribution in [1.29, 1.82) is 0 Å². The molecule has 6 heteroatoms. The minimum atomic E-state index is -3.05. The van der Waals surface area contributed by atoms with E-state index < -0.39 is 18.3 Å². The molecule has 0 saturated heterocycles. The maximum Gasteiger partial charge on any atom is 0.315 e. The fourth-order valence-corrected chi connectivity index (χ4v) is 1.47. The summed E-state index contributed by atoms with van der Waals surface area (Å²) in [6, 6.07) is 0. The van der Waals surface area contributed by atoms with E-state index in [0.29, 0.717) is 6.42 Å². The van der Waals surface area contributed by atoms with Gasteiger partial charge in [0.15, 0.2) is 0 Å². The summed E-state index contributed by atoms with van der Waals surface area (Å²) in [5, 5.41) is 10.7. The van der Waals surface area contributed by atoms with Gasteiger partial charge in [-0.25, -0.2) is 0 Å². The molecule has 1 atom stereocenters. The molecule has 0 saturated carbocycles. The first kappa shape index (κ1) is 14.8. The van der Waals surface area contributed by atoms with Gasteiger partial charge in [0.25, 0.3) is 5.91 Å². The summed E-state index contributed by atoms with van der Waals surface area (Å²) in [6.07, 6.45) is -2.60. The Morgan fingerprint density at radius 3 is 2.25 bits per heavy atom. The van der Waals surface area contributed by atoms with Crippen molar-refractivity contribution >= 4 is 11.9 Å². The molecule has 0 aliphatic rings. The molecule has 0 aliphatic heterocycles. The first-order chi connectivity index (χ1) is 7.32. The summed E-state index contributed by atoms with van der Waals surface area (Å²) >= 11 is 0. The van der Waals surface area contributed by atoms with Crippen molar-refractivity contribution in [2.24, 2.45) is 11.8 Å². The van der Waals surface area contributed by atoms with Crippen LogP contribution in [-0.2, 0) is 9.59 Å². The molecule has 16 heavy (non-hydrogen) atoms. The van der Waals surface area contributed by atoms with E-state index in [-0.39, 0.29) is 24.8 Å². The van der Waals surface area contributed by atoms with Crippen LogP contribution in [0.25, 0.3) is 0 Å². The molecule has 2 N–H and O–H groups in total. The summed E-state index contributed by atoms with van der Waals surface area (Å²) < 4.78 is 23.8. The summed E-state index contributed by atoms with van der Waals surface area (Å²) in [7, 11) is 0. The van der Waals surface area contributed by atoms with Crippen LogP contribution in [0.3, 0.4) is 0 Å². The van der Waals surface area contributed by atoms with E-state index in [9.17, 15) is 18.4 Å². The molecule has 1 amide bonds. The molecule has 0 spiro atoms. The SMILES string of the molecule is CC(C)CC(CNC(=O)C(F)F)CC(=O)O. The van der Waals surface area contributed by atoms with Crippen molar-refractivity contribution in [1.82, 2.24) is 5.32 Å². The number of carbonyl (C=O) groups excluding carboxylic acids is 1. The van der Waals surface area contributed by atoms with Crippen LogP contribution in [0.5, 0.6) is 0 Å². The predicted molar refractivity (Wildman–Crippen MR) is 54.2 cm³/mol. The number of nitrogens with one attached hydrogen (secondary N) is 1. The molecule has 0 aromatic heterocycles. The summed E-state index contributed by atoms with van der Waals surface area (Å²) in [6.45, 7) is 3.79. The molecule has 0 radical (unpaired) electrons. The molecule has 0 aromatic rings. The Kier molecular flexibility index (Phi) is 6.60. The number of aliphatic carboxylic acids is 1. The van der Waals surface area contributed by atoms with Crippen molar-refractivity contribution < 1.29 is 23.5 Å². The minimum Gasteiger partial charge on any atom is -0.481 e. The largest absolute Gasteiger partial charge is 0.481 e. The molecule has 0 rings (SSSR count). The van der Waals surface area contributed by atoms with Gasteiger partial charge in [0, 0.05) is 13.0 Å². The van der Waals surface area contributed by atoms with Gasteiger partial charge in [0.05, 0.1) is 0 Å². The lowest BCUT2D eigenvalue weighted by molar-refractivity contribution is -0.139. The molecule has 94 valence electrons. The van der Waals surface area contributed by atoms with Crippen molar-refractivity contribution in [3.63, 3.8) is 0 Å². The Morgan fingerprint density at radius 1 is 1.31 bits per heavy atom. The third-order valence-corrected chi connectivity index (χ3v) is 2.03. The van der Waals surface area contributed by atoms with Gasteiger partial charge in [0.2, 0.25) is 0 Å². The Morgan fingerprint density at radius 2 is 1.88 bits per heavy atom. The third-order valence-electron chi connectivity index (χ3n) is 2.03. The Bertz CT molecular complexity index is 244. The third kappa shape index (κ3) is 7.14. The van der Waals surface area contributed by atoms with Crippen LogP contribution in [-0.4, -0.2) is 30.0 Å². The lowest BCUT2D eigenvalue weighted by Crippen LogP contribution is -2.34. The van der Waals surface area contributed by atoms with Crippen molar-refractivity contribution in [3.05, 3.63) is 0 Å². The molecule has 0 aromatic carbocycles. The summed E-state index contributed by atoms with van der Waals surface area (Å²) in [4.78, 5) is 21.1. The molecule has 0 aliphatic carbocycles. The number of halogens is 2. The van der Waals surface area contributed by atoms with Gasteiger partial charge in [-0.2, -0.15) is 8.78 Å². The number of carboxylic acids is 1. The van der Waals surface area contributed by atoms with Crippen LogP contribution in [0.15, 0.2) is 0 Å².